The van der Waals surface area contributed by atoms with Crippen LogP contribution in [0.2, 0.25) is 0 Å². The second kappa shape index (κ2) is 12.5. The number of allylic oxidation sites excluding steroid dienone is 1. The summed E-state index contributed by atoms with van der Waals surface area (Å²) in [6.07, 6.45) is 1.77. The van der Waals surface area contributed by atoms with Gasteiger partial charge in [-0.3, -0.25) is 9.36 Å². The number of ether oxygens (including phenoxy) is 4. The second-order valence-corrected chi connectivity index (χ2v) is 11.2. The third kappa shape index (κ3) is 5.85. The van der Waals surface area contributed by atoms with Gasteiger partial charge in [0.15, 0.2) is 16.3 Å². The molecule has 0 amide bonds. The zero-order chi connectivity index (χ0) is 28.3. The summed E-state index contributed by atoms with van der Waals surface area (Å²) in [4.78, 5) is 32.3. The molecule has 11 heteroatoms. The Balaban J connectivity index is 1.99. The molecule has 206 valence electrons. The van der Waals surface area contributed by atoms with E-state index in [2.05, 4.69) is 36.9 Å². The van der Waals surface area contributed by atoms with Crippen LogP contribution >= 0.6 is 43.2 Å². The molecule has 0 saturated carbocycles. The molecular weight excluding hydrogens is 652 g/mol. The van der Waals surface area contributed by atoms with E-state index in [1.54, 1.807) is 37.7 Å². The number of hydrogen-bond acceptors (Lipinski definition) is 8. The number of hydrogen-bond donors (Lipinski definition) is 0. The van der Waals surface area contributed by atoms with Gasteiger partial charge in [-0.25, -0.2) is 9.79 Å². The van der Waals surface area contributed by atoms with Gasteiger partial charge in [-0.1, -0.05) is 33.3 Å². The molecule has 0 aliphatic carbocycles. The maximum Gasteiger partial charge on any atom is 0.338 e. The minimum Gasteiger partial charge on any atom is -0.495 e. The summed E-state index contributed by atoms with van der Waals surface area (Å²) in [5.41, 5.74) is 1.88. The van der Waals surface area contributed by atoms with Gasteiger partial charge in [-0.2, -0.15) is 0 Å². The summed E-state index contributed by atoms with van der Waals surface area (Å²) in [5, 5.41) is 0. The van der Waals surface area contributed by atoms with E-state index in [9.17, 15) is 9.59 Å². The third-order valence-corrected chi connectivity index (χ3v) is 7.96. The van der Waals surface area contributed by atoms with Crippen LogP contribution in [0.5, 0.6) is 17.2 Å². The first-order valence-electron chi connectivity index (χ1n) is 12.4. The fraction of sp³-hybridized carbons (Fsp3) is 0.321. The van der Waals surface area contributed by atoms with E-state index in [1.807, 2.05) is 38.1 Å². The van der Waals surface area contributed by atoms with Crippen molar-refractivity contribution in [3.8, 4) is 17.2 Å². The summed E-state index contributed by atoms with van der Waals surface area (Å²) in [7, 11) is 1.57. The molecule has 1 aliphatic rings. The quantitative estimate of drug-likeness (QED) is 0.292. The van der Waals surface area contributed by atoms with Crippen molar-refractivity contribution in [3.05, 3.63) is 81.4 Å². The number of nitrogens with zero attached hydrogens (tertiary/aromatic N) is 2. The smallest absolute Gasteiger partial charge is 0.338 e. The Hall–Kier alpha value is -2.89. The molecule has 1 aliphatic heterocycles. The predicted octanol–water partition coefficient (Wildman–Crippen LogP) is 5.13. The van der Waals surface area contributed by atoms with Crippen LogP contribution in [0.4, 0.5) is 0 Å². The van der Waals surface area contributed by atoms with Gasteiger partial charge in [0.05, 0.1) is 53.2 Å². The number of aromatic nitrogens is 1. The van der Waals surface area contributed by atoms with Gasteiger partial charge in [0, 0.05) is 10.0 Å². The van der Waals surface area contributed by atoms with Gasteiger partial charge >= 0.3 is 5.97 Å². The van der Waals surface area contributed by atoms with Gasteiger partial charge in [-0.15, -0.1) is 0 Å². The van der Waals surface area contributed by atoms with Crippen LogP contribution in [0.3, 0.4) is 0 Å². The molecule has 39 heavy (non-hydrogen) atoms. The standard InChI is InChI=1S/C28H28Br2N2O6S/c1-6-36-20-10-9-16(12-21(20)37-7-2)24-23(27(34)38-8-3)15(4)31-28-32(24)26(33)22(39-28)13-17-11-18(29)14-19(30)25(17)35-5/h9-14,24H,6-8H2,1-5H3/b22-13-/t24-/m1/s1. The monoisotopic (exact) mass is 678 g/mol. The van der Waals surface area contributed by atoms with Gasteiger partial charge in [0.1, 0.15) is 5.75 Å². The lowest BCUT2D eigenvalue weighted by atomic mass is 9.95. The molecule has 0 fully saturated rings. The highest BCUT2D eigenvalue weighted by molar-refractivity contribution is 9.11. The SMILES string of the molecule is CCOC(=O)C1=C(C)N=c2s/c(=C\c3cc(Br)cc(Br)c3OC)c(=O)n2[C@@H]1c1ccc(OCC)c(OCC)c1. The highest BCUT2D eigenvalue weighted by Gasteiger charge is 2.34. The van der Waals surface area contributed by atoms with Gasteiger partial charge in [-0.05, 0) is 79.5 Å². The zero-order valence-electron chi connectivity index (χ0n) is 22.2. The van der Waals surface area contributed by atoms with Crippen molar-refractivity contribution < 1.29 is 23.7 Å². The number of rotatable bonds is 9. The lowest BCUT2D eigenvalue weighted by molar-refractivity contribution is -0.139. The van der Waals surface area contributed by atoms with Crippen molar-refractivity contribution in [1.82, 2.24) is 4.57 Å². The third-order valence-electron chi connectivity index (χ3n) is 5.93. The van der Waals surface area contributed by atoms with Crippen LogP contribution in [-0.2, 0) is 9.53 Å². The first-order valence-corrected chi connectivity index (χ1v) is 14.8. The first-order chi connectivity index (χ1) is 18.7. The Morgan fingerprint density at radius 3 is 2.46 bits per heavy atom. The van der Waals surface area contributed by atoms with Gasteiger partial charge in [0.25, 0.3) is 5.56 Å². The summed E-state index contributed by atoms with van der Waals surface area (Å²) in [5.74, 6) is 1.18. The predicted molar refractivity (Wildman–Crippen MR) is 158 cm³/mol. The normalized spacial score (nSPS) is 15.1. The Morgan fingerprint density at radius 2 is 1.79 bits per heavy atom. The Bertz CT molecular complexity index is 1630. The molecule has 0 spiro atoms. The minimum absolute atomic E-state index is 0.192. The van der Waals surface area contributed by atoms with Crippen molar-refractivity contribution >= 4 is 55.2 Å². The van der Waals surface area contributed by atoms with Crippen molar-refractivity contribution in [1.29, 1.82) is 0 Å². The highest BCUT2D eigenvalue weighted by atomic mass is 79.9. The fourth-order valence-corrected chi connectivity index (χ4v) is 6.85. The average molecular weight is 680 g/mol. The van der Waals surface area contributed by atoms with Crippen molar-refractivity contribution in [2.24, 2.45) is 4.99 Å². The highest BCUT2D eigenvalue weighted by Crippen LogP contribution is 2.37. The Kier molecular flexibility index (Phi) is 9.35. The molecule has 4 rings (SSSR count). The fourth-order valence-electron chi connectivity index (χ4n) is 4.39. The molecule has 8 nitrogen and oxygen atoms in total. The van der Waals surface area contributed by atoms with Crippen LogP contribution in [0, 0.1) is 0 Å². The lowest BCUT2D eigenvalue weighted by Gasteiger charge is -2.25. The molecule has 0 bridgehead atoms. The second-order valence-electron chi connectivity index (χ2n) is 8.38. The van der Waals surface area contributed by atoms with E-state index in [-0.39, 0.29) is 12.2 Å². The molecule has 1 atom stereocenters. The number of esters is 1. The van der Waals surface area contributed by atoms with Crippen molar-refractivity contribution in [2.45, 2.75) is 33.7 Å². The number of halogens is 2. The van der Waals surface area contributed by atoms with E-state index in [0.29, 0.717) is 62.2 Å². The molecule has 3 aromatic rings. The zero-order valence-corrected chi connectivity index (χ0v) is 26.2. The largest absolute Gasteiger partial charge is 0.495 e. The number of carbonyl (C=O) groups is 1. The van der Waals surface area contributed by atoms with Crippen LogP contribution in [0.1, 0.15) is 44.9 Å². The maximum atomic E-state index is 14.0. The van der Waals surface area contributed by atoms with E-state index in [4.69, 9.17) is 18.9 Å². The van der Waals surface area contributed by atoms with Crippen LogP contribution in [-0.4, -0.2) is 37.5 Å². The van der Waals surface area contributed by atoms with Crippen LogP contribution in [0.15, 0.2) is 60.3 Å². The topological polar surface area (TPSA) is 88.4 Å². The van der Waals surface area contributed by atoms with E-state index < -0.39 is 12.0 Å². The molecular formula is C28H28Br2N2O6S. The van der Waals surface area contributed by atoms with Crippen LogP contribution in [0.25, 0.3) is 6.08 Å². The Labute approximate surface area is 246 Å². The van der Waals surface area contributed by atoms with Crippen LogP contribution < -0.4 is 29.1 Å². The number of methoxy groups -OCH3 is 1. The lowest BCUT2D eigenvalue weighted by Crippen LogP contribution is -2.40. The summed E-state index contributed by atoms with van der Waals surface area (Å²) >= 11 is 8.26. The number of carbonyl (C=O) groups excluding carboxylic acids is 1. The van der Waals surface area contributed by atoms with Crippen molar-refractivity contribution in [2.75, 3.05) is 26.9 Å². The molecule has 0 N–H and O–H groups in total. The summed E-state index contributed by atoms with van der Waals surface area (Å²) in [6, 6.07) is 8.41. The van der Waals surface area contributed by atoms with E-state index in [0.717, 1.165) is 8.95 Å². The first kappa shape index (κ1) is 29.1. The van der Waals surface area contributed by atoms with E-state index >= 15 is 0 Å². The number of thiazole rings is 1. The summed E-state index contributed by atoms with van der Waals surface area (Å²) < 4.78 is 26.1. The Morgan fingerprint density at radius 1 is 1.08 bits per heavy atom. The molecule has 2 aromatic carbocycles. The maximum absolute atomic E-state index is 14.0. The number of fused-ring (bicyclic) bond motifs is 1. The molecule has 0 radical (unpaired) electrons. The van der Waals surface area contributed by atoms with Gasteiger partial charge in [0.2, 0.25) is 0 Å². The van der Waals surface area contributed by atoms with Crippen molar-refractivity contribution in [3.63, 3.8) is 0 Å². The molecule has 0 saturated heterocycles. The molecule has 2 heterocycles. The van der Waals surface area contributed by atoms with E-state index in [1.165, 1.54) is 11.3 Å². The number of benzene rings is 2. The minimum atomic E-state index is -0.770. The molecule has 1 aromatic heterocycles. The average Bonchev–Trinajstić information content (AvgIpc) is 3.18. The summed E-state index contributed by atoms with van der Waals surface area (Å²) in [6.45, 7) is 8.36. The van der Waals surface area contributed by atoms with Gasteiger partial charge < -0.3 is 18.9 Å². The molecule has 0 unspecified atom stereocenters.